The predicted molar refractivity (Wildman–Crippen MR) is 59.9 cm³/mol. The molecule has 0 spiro atoms. The second-order valence-electron chi connectivity index (χ2n) is 4.92. The van der Waals surface area contributed by atoms with E-state index in [0.717, 1.165) is 17.7 Å². The van der Waals surface area contributed by atoms with Gasteiger partial charge in [0.25, 0.3) is 0 Å². The number of allylic oxidation sites excluding steroid dienone is 1. The van der Waals surface area contributed by atoms with Crippen molar-refractivity contribution in [3.05, 3.63) is 12.3 Å². The van der Waals surface area contributed by atoms with Gasteiger partial charge in [-0.15, -0.1) is 0 Å². The molecule has 0 bridgehead atoms. The molecule has 0 aromatic carbocycles. The maximum atomic E-state index is 5.95. The molecular weight excluding hydrogens is 172 g/mol. The number of amidine groups is 1. The van der Waals surface area contributed by atoms with Crippen molar-refractivity contribution in [3.63, 3.8) is 0 Å². The number of hydrogen-bond acceptors (Lipinski definition) is 2. The molecule has 1 aliphatic carbocycles. The fourth-order valence-electron chi connectivity index (χ4n) is 2.98. The molecule has 0 saturated heterocycles. The van der Waals surface area contributed by atoms with E-state index < -0.39 is 0 Å². The fraction of sp³-hybridized carbons (Fsp3) is 0.750. The van der Waals surface area contributed by atoms with Gasteiger partial charge in [0.15, 0.2) is 0 Å². The van der Waals surface area contributed by atoms with Gasteiger partial charge in [-0.25, -0.2) is 4.99 Å². The van der Waals surface area contributed by atoms with E-state index in [1.54, 1.807) is 0 Å². The largest absolute Gasteiger partial charge is 0.387 e. The molecule has 14 heavy (non-hydrogen) atoms. The lowest BCUT2D eigenvalue weighted by atomic mass is 9.67. The van der Waals surface area contributed by atoms with Gasteiger partial charge >= 0.3 is 0 Å². The lowest BCUT2D eigenvalue weighted by Crippen LogP contribution is -2.39. The molecule has 2 rings (SSSR count). The Morgan fingerprint density at radius 1 is 1.43 bits per heavy atom. The first-order chi connectivity index (χ1) is 6.70. The van der Waals surface area contributed by atoms with Gasteiger partial charge in [0.05, 0.1) is 0 Å². The molecule has 2 heteroatoms. The number of rotatable bonds is 1. The zero-order valence-corrected chi connectivity index (χ0v) is 9.11. The molecule has 3 atom stereocenters. The van der Waals surface area contributed by atoms with E-state index >= 15 is 0 Å². The molecule has 0 amide bonds. The Kier molecular flexibility index (Phi) is 2.62. The van der Waals surface area contributed by atoms with Crippen molar-refractivity contribution in [2.24, 2.45) is 34.4 Å². The monoisotopic (exact) mass is 192 g/mol. The molecule has 0 radical (unpaired) electrons. The molecule has 2 aliphatic rings. The molecule has 1 aliphatic heterocycles. The average Bonchev–Trinajstić information content (AvgIpc) is 2.17. The fourth-order valence-corrected chi connectivity index (χ4v) is 2.98. The standard InChI is InChI=1S/C12H20N2/c1-8(2)9-4-3-5-11-10(9)6-7-14-12(11)13/h6-11H,3-5H2,1-2H3,(H2,13,14). The predicted octanol–water partition coefficient (Wildman–Crippen LogP) is 2.56. The lowest BCUT2D eigenvalue weighted by molar-refractivity contribution is 0.184. The molecular formula is C12H20N2. The van der Waals surface area contributed by atoms with Crippen LogP contribution in [0.3, 0.4) is 0 Å². The van der Waals surface area contributed by atoms with Gasteiger partial charge in [0, 0.05) is 12.1 Å². The van der Waals surface area contributed by atoms with Gasteiger partial charge in [0.1, 0.15) is 5.84 Å². The van der Waals surface area contributed by atoms with Crippen LogP contribution in [0.1, 0.15) is 33.1 Å². The van der Waals surface area contributed by atoms with Gasteiger partial charge in [0.2, 0.25) is 0 Å². The van der Waals surface area contributed by atoms with Crippen LogP contribution in [0.2, 0.25) is 0 Å². The topological polar surface area (TPSA) is 38.4 Å². The highest BCUT2D eigenvalue weighted by Crippen LogP contribution is 2.41. The second-order valence-corrected chi connectivity index (χ2v) is 4.92. The van der Waals surface area contributed by atoms with Crippen LogP contribution in [0.5, 0.6) is 0 Å². The van der Waals surface area contributed by atoms with E-state index in [9.17, 15) is 0 Å². The van der Waals surface area contributed by atoms with Gasteiger partial charge in [-0.2, -0.15) is 0 Å². The molecule has 0 aromatic heterocycles. The summed E-state index contributed by atoms with van der Waals surface area (Å²) in [4.78, 5) is 4.22. The number of fused-ring (bicyclic) bond motifs is 1. The molecule has 2 nitrogen and oxygen atoms in total. The van der Waals surface area contributed by atoms with Gasteiger partial charge in [-0.05, 0) is 30.6 Å². The van der Waals surface area contributed by atoms with Crippen molar-refractivity contribution < 1.29 is 0 Å². The summed E-state index contributed by atoms with van der Waals surface area (Å²) < 4.78 is 0. The smallest absolute Gasteiger partial charge is 0.103 e. The van der Waals surface area contributed by atoms with Crippen molar-refractivity contribution in [2.75, 3.05) is 0 Å². The van der Waals surface area contributed by atoms with Crippen LogP contribution in [0.15, 0.2) is 17.3 Å². The third kappa shape index (κ3) is 1.58. The zero-order chi connectivity index (χ0) is 10.1. The lowest BCUT2D eigenvalue weighted by Gasteiger charge is -2.39. The first-order valence-electron chi connectivity index (χ1n) is 5.70. The summed E-state index contributed by atoms with van der Waals surface area (Å²) in [5.41, 5.74) is 5.95. The Balaban J connectivity index is 2.19. The van der Waals surface area contributed by atoms with E-state index in [1.165, 1.54) is 19.3 Å². The number of nitrogens with two attached hydrogens (primary N) is 1. The summed E-state index contributed by atoms with van der Waals surface area (Å²) in [6.45, 7) is 4.64. The Labute approximate surface area is 86.3 Å². The van der Waals surface area contributed by atoms with Gasteiger partial charge < -0.3 is 5.73 Å². The number of aliphatic imine (C=N–C) groups is 1. The summed E-state index contributed by atoms with van der Waals surface area (Å²) in [5.74, 6) is 3.61. The normalized spacial score (nSPS) is 36.8. The Morgan fingerprint density at radius 2 is 2.21 bits per heavy atom. The molecule has 1 saturated carbocycles. The SMILES string of the molecule is CC(C)C1CCCC2C(N)=NC=CC21. The van der Waals surface area contributed by atoms with Crippen LogP contribution in [0.25, 0.3) is 0 Å². The van der Waals surface area contributed by atoms with Crippen LogP contribution in [0.4, 0.5) is 0 Å². The van der Waals surface area contributed by atoms with Crippen molar-refractivity contribution in [2.45, 2.75) is 33.1 Å². The molecule has 1 heterocycles. The van der Waals surface area contributed by atoms with Crippen LogP contribution in [-0.4, -0.2) is 5.84 Å². The highest BCUT2D eigenvalue weighted by Gasteiger charge is 2.36. The Morgan fingerprint density at radius 3 is 2.93 bits per heavy atom. The summed E-state index contributed by atoms with van der Waals surface area (Å²) in [5, 5.41) is 0. The molecule has 78 valence electrons. The minimum atomic E-state index is 0.529. The van der Waals surface area contributed by atoms with Crippen molar-refractivity contribution in [1.29, 1.82) is 0 Å². The number of hydrogen-bond donors (Lipinski definition) is 1. The summed E-state index contributed by atoms with van der Waals surface area (Å²) in [7, 11) is 0. The molecule has 2 N–H and O–H groups in total. The number of nitrogens with zero attached hydrogens (tertiary/aromatic N) is 1. The third-order valence-corrected chi connectivity index (χ3v) is 3.78. The van der Waals surface area contributed by atoms with Gasteiger partial charge in [-0.1, -0.05) is 26.3 Å². The van der Waals surface area contributed by atoms with Crippen LogP contribution < -0.4 is 5.73 Å². The summed E-state index contributed by atoms with van der Waals surface area (Å²) >= 11 is 0. The highest BCUT2D eigenvalue weighted by molar-refractivity contribution is 5.84. The Hall–Kier alpha value is -0.790. The van der Waals surface area contributed by atoms with Crippen molar-refractivity contribution in [1.82, 2.24) is 0 Å². The highest BCUT2D eigenvalue weighted by atomic mass is 14.9. The molecule has 0 aromatic rings. The summed E-state index contributed by atoms with van der Waals surface area (Å²) in [6.07, 6.45) is 8.07. The quantitative estimate of drug-likeness (QED) is 0.681. The maximum Gasteiger partial charge on any atom is 0.103 e. The first kappa shape index (κ1) is 9.75. The third-order valence-electron chi connectivity index (χ3n) is 3.78. The first-order valence-corrected chi connectivity index (χ1v) is 5.70. The second kappa shape index (κ2) is 3.76. The van der Waals surface area contributed by atoms with E-state index in [2.05, 4.69) is 24.9 Å². The maximum absolute atomic E-state index is 5.95. The zero-order valence-electron chi connectivity index (χ0n) is 9.11. The Bertz CT molecular complexity index is 265. The van der Waals surface area contributed by atoms with E-state index in [-0.39, 0.29) is 0 Å². The summed E-state index contributed by atoms with van der Waals surface area (Å²) in [6, 6.07) is 0. The van der Waals surface area contributed by atoms with E-state index in [4.69, 9.17) is 5.73 Å². The van der Waals surface area contributed by atoms with Crippen molar-refractivity contribution >= 4 is 5.84 Å². The van der Waals surface area contributed by atoms with Crippen molar-refractivity contribution in [3.8, 4) is 0 Å². The van der Waals surface area contributed by atoms with Gasteiger partial charge in [-0.3, -0.25) is 0 Å². The van der Waals surface area contributed by atoms with Crippen LogP contribution >= 0.6 is 0 Å². The average molecular weight is 192 g/mol. The van der Waals surface area contributed by atoms with Crippen LogP contribution in [0, 0.1) is 23.7 Å². The van der Waals surface area contributed by atoms with Crippen LogP contribution in [-0.2, 0) is 0 Å². The molecule has 1 fully saturated rings. The minimum Gasteiger partial charge on any atom is -0.387 e. The molecule has 3 unspecified atom stereocenters. The van der Waals surface area contributed by atoms with E-state index in [1.807, 2.05) is 6.20 Å². The minimum absolute atomic E-state index is 0.529. The van der Waals surface area contributed by atoms with E-state index in [0.29, 0.717) is 11.8 Å².